The molecule has 0 aliphatic rings. The highest BCUT2D eigenvalue weighted by molar-refractivity contribution is 5.79. The number of benzene rings is 1. The van der Waals surface area contributed by atoms with Crippen LogP contribution < -0.4 is 15.4 Å². The number of hydrogen-bond donors (Lipinski definition) is 3. The standard InChI is InChI=1S/C19H33N3O2/c1-6-16(5)24-18-10-14(3)8-9-17(18)12-22-19(20-7-2)21-11-15(4)13-23/h8-10,15-16,23H,6-7,11-13H2,1-5H3,(H2,20,21,22). The van der Waals surface area contributed by atoms with E-state index in [0.29, 0.717) is 13.1 Å². The van der Waals surface area contributed by atoms with Gasteiger partial charge in [-0.3, -0.25) is 0 Å². The Bertz CT molecular complexity index is 517. The summed E-state index contributed by atoms with van der Waals surface area (Å²) >= 11 is 0. The van der Waals surface area contributed by atoms with Gasteiger partial charge in [0.15, 0.2) is 5.96 Å². The molecule has 0 fully saturated rings. The van der Waals surface area contributed by atoms with Crippen LogP contribution in [0, 0.1) is 12.8 Å². The van der Waals surface area contributed by atoms with E-state index in [-0.39, 0.29) is 18.6 Å². The molecule has 0 aromatic heterocycles. The van der Waals surface area contributed by atoms with Gasteiger partial charge in [0.1, 0.15) is 5.75 Å². The number of aliphatic hydroxyl groups excluding tert-OH is 1. The summed E-state index contributed by atoms with van der Waals surface area (Å²) in [6.07, 6.45) is 1.16. The van der Waals surface area contributed by atoms with Crippen LogP contribution in [0.15, 0.2) is 23.2 Å². The first-order chi connectivity index (χ1) is 11.5. The molecule has 1 rings (SSSR count). The smallest absolute Gasteiger partial charge is 0.191 e. The summed E-state index contributed by atoms with van der Waals surface area (Å²) in [5.74, 6) is 1.86. The zero-order valence-corrected chi connectivity index (χ0v) is 15.7. The van der Waals surface area contributed by atoms with Crippen LogP contribution in [0.3, 0.4) is 0 Å². The lowest BCUT2D eigenvalue weighted by Gasteiger charge is -2.17. The second kappa shape index (κ2) is 10.9. The molecule has 0 heterocycles. The molecule has 0 radical (unpaired) electrons. The van der Waals surface area contributed by atoms with Crippen molar-refractivity contribution in [2.75, 3.05) is 19.7 Å². The van der Waals surface area contributed by atoms with Crippen LogP contribution in [0.2, 0.25) is 0 Å². The van der Waals surface area contributed by atoms with Gasteiger partial charge in [-0.25, -0.2) is 4.99 Å². The lowest BCUT2D eigenvalue weighted by Crippen LogP contribution is -2.39. The van der Waals surface area contributed by atoms with Gasteiger partial charge < -0.3 is 20.5 Å². The van der Waals surface area contributed by atoms with E-state index in [1.54, 1.807) is 0 Å². The molecule has 1 aromatic rings. The average Bonchev–Trinajstić information content (AvgIpc) is 2.58. The lowest BCUT2D eigenvalue weighted by atomic mass is 10.1. The van der Waals surface area contributed by atoms with Gasteiger partial charge in [0, 0.05) is 25.3 Å². The molecule has 3 N–H and O–H groups in total. The molecule has 0 spiro atoms. The van der Waals surface area contributed by atoms with E-state index in [9.17, 15) is 0 Å². The third kappa shape index (κ3) is 7.21. The zero-order valence-electron chi connectivity index (χ0n) is 15.7. The summed E-state index contributed by atoms with van der Waals surface area (Å²) in [5, 5.41) is 15.6. The number of nitrogens with zero attached hydrogens (tertiary/aromatic N) is 1. The number of guanidine groups is 1. The highest BCUT2D eigenvalue weighted by atomic mass is 16.5. The molecule has 24 heavy (non-hydrogen) atoms. The van der Waals surface area contributed by atoms with Crippen LogP contribution in [0.4, 0.5) is 0 Å². The predicted molar refractivity (Wildman–Crippen MR) is 101 cm³/mol. The fraction of sp³-hybridized carbons (Fsp3) is 0.632. The van der Waals surface area contributed by atoms with Crippen LogP contribution in [0.1, 0.15) is 45.2 Å². The number of rotatable bonds is 9. The summed E-state index contributed by atoms with van der Waals surface area (Å²) < 4.78 is 6.04. The third-order valence-electron chi connectivity index (χ3n) is 3.81. The van der Waals surface area contributed by atoms with Crippen molar-refractivity contribution in [3.63, 3.8) is 0 Å². The van der Waals surface area contributed by atoms with Crippen molar-refractivity contribution in [2.45, 2.75) is 53.7 Å². The molecule has 1 aromatic carbocycles. The summed E-state index contributed by atoms with van der Waals surface area (Å²) in [7, 11) is 0. The Labute approximate surface area is 146 Å². The maximum absolute atomic E-state index is 9.14. The van der Waals surface area contributed by atoms with Crippen molar-refractivity contribution >= 4 is 5.96 Å². The number of nitrogens with one attached hydrogen (secondary N) is 2. The first-order valence-electron chi connectivity index (χ1n) is 8.89. The average molecular weight is 335 g/mol. The van der Waals surface area contributed by atoms with Gasteiger partial charge >= 0.3 is 0 Å². The van der Waals surface area contributed by atoms with Gasteiger partial charge in [0.05, 0.1) is 12.6 Å². The fourth-order valence-corrected chi connectivity index (χ4v) is 2.04. The van der Waals surface area contributed by atoms with Crippen molar-refractivity contribution in [1.82, 2.24) is 10.6 Å². The molecule has 0 aliphatic heterocycles. The van der Waals surface area contributed by atoms with E-state index in [0.717, 1.165) is 30.2 Å². The van der Waals surface area contributed by atoms with Gasteiger partial charge in [-0.05, 0) is 44.7 Å². The van der Waals surface area contributed by atoms with Crippen molar-refractivity contribution in [3.8, 4) is 5.75 Å². The minimum Gasteiger partial charge on any atom is -0.490 e. The zero-order chi connectivity index (χ0) is 17.9. The fourth-order valence-electron chi connectivity index (χ4n) is 2.04. The monoisotopic (exact) mass is 335 g/mol. The second-order valence-corrected chi connectivity index (χ2v) is 6.31. The largest absolute Gasteiger partial charge is 0.490 e. The molecule has 5 nitrogen and oxygen atoms in total. The van der Waals surface area contributed by atoms with Gasteiger partial charge in [0.2, 0.25) is 0 Å². The number of aryl methyl sites for hydroxylation is 1. The molecular formula is C19H33N3O2. The Morgan fingerprint density at radius 3 is 2.62 bits per heavy atom. The highest BCUT2D eigenvalue weighted by Gasteiger charge is 2.08. The number of aliphatic hydroxyl groups is 1. The number of hydrogen-bond acceptors (Lipinski definition) is 3. The van der Waals surface area contributed by atoms with E-state index < -0.39 is 0 Å². The minimum absolute atomic E-state index is 0.164. The Balaban J connectivity index is 2.83. The topological polar surface area (TPSA) is 65.9 Å². The molecule has 0 saturated carbocycles. The van der Waals surface area contributed by atoms with Gasteiger partial charge in [-0.15, -0.1) is 0 Å². The molecule has 0 saturated heterocycles. The Hall–Kier alpha value is -1.75. The molecule has 0 bridgehead atoms. The molecular weight excluding hydrogens is 302 g/mol. The molecule has 0 amide bonds. The maximum Gasteiger partial charge on any atom is 0.191 e. The third-order valence-corrected chi connectivity index (χ3v) is 3.81. The minimum atomic E-state index is 0.164. The first kappa shape index (κ1) is 20.3. The first-order valence-corrected chi connectivity index (χ1v) is 8.89. The van der Waals surface area contributed by atoms with Gasteiger partial charge in [-0.1, -0.05) is 26.0 Å². The van der Waals surface area contributed by atoms with Gasteiger partial charge in [0.25, 0.3) is 0 Å². The lowest BCUT2D eigenvalue weighted by molar-refractivity contribution is 0.215. The molecule has 2 unspecified atom stereocenters. The Morgan fingerprint density at radius 1 is 1.25 bits per heavy atom. The van der Waals surface area contributed by atoms with Crippen molar-refractivity contribution in [2.24, 2.45) is 10.9 Å². The van der Waals surface area contributed by atoms with Crippen molar-refractivity contribution < 1.29 is 9.84 Å². The molecule has 2 atom stereocenters. The maximum atomic E-state index is 9.14. The van der Waals surface area contributed by atoms with Crippen LogP contribution in [0.25, 0.3) is 0 Å². The molecule has 5 heteroatoms. The number of ether oxygens (including phenoxy) is 1. The number of aliphatic imine (C=N–C) groups is 1. The summed E-state index contributed by atoms with van der Waals surface area (Å²) in [4.78, 5) is 4.65. The Kier molecular flexibility index (Phi) is 9.23. The van der Waals surface area contributed by atoms with Crippen molar-refractivity contribution in [3.05, 3.63) is 29.3 Å². The van der Waals surface area contributed by atoms with Crippen LogP contribution in [0.5, 0.6) is 5.75 Å². The van der Waals surface area contributed by atoms with Gasteiger partial charge in [-0.2, -0.15) is 0 Å². The Morgan fingerprint density at radius 2 is 2.00 bits per heavy atom. The quantitative estimate of drug-likeness (QED) is 0.479. The molecule has 136 valence electrons. The van der Waals surface area contributed by atoms with Crippen molar-refractivity contribution in [1.29, 1.82) is 0 Å². The van der Waals surface area contributed by atoms with E-state index in [1.807, 2.05) is 13.8 Å². The summed E-state index contributed by atoms with van der Waals surface area (Å²) in [6, 6.07) is 6.24. The van der Waals surface area contributed by atoms with Crippen LogP contribution >= 0.6 is 0 Å². The van der Waals surface area contributed by atoms with E-state index in [4.69, 9.17) is 9.84 Å². The predicted octanol–water partition coefficient (Wildman–Crippen LogP) is 2.86. The summed E-state index contributed by atoms with van der Waals surface area (Å²) in [6.45, 7) is 12.5. The van der Waals surface area contributed by atoms with Crippen LogP contribution in [-0.2, 0) is 6.54 Å². The normalized spacial score (nSPS) is 14.2. The highest BCUT2D eigenvalue weighted by Crippen LogP contribution is 2.23. The van der Waals surface area contributed by atoms with Crippen LogP contribution in [-0.4, -0.2) is 36.9 Å². The summed E-state index contributed by atoms with van der Waals surface area (Å²) in [5.41, 5.74) is 2.26. The second-order valence-electron chi connectivity index (χ2n) is 6.31. The van der Waals surface area contributed by atoms with E-state index in [2.05, 4.69) is 54.6 Å². The molecule has 0 aliphatic carbocycles. The van der Waals surface area contributed by atoms with E-state index in [1.165, 1.54) is 5.56 Å². The van der Waals surface area contributed by atoms with E-state index >= 15 is 0 Å². The SMILES string of the molecule is CCNC(=NCc1ccc(C)cc1OC(C)CC)NCC(C)CO.